The van der Waals surface area contributed by atoms with Crippen molar-refractivity contribution in [1.82, 2.24) is 0 Å². The van der Waals surface area contributed by atoms with Gasteiger partial charge in [0.1, 0.15) is 42.7 Å². The van der Waals surface area contributed by atoms with E-state index in [1.54, 1.807) is 0 Å². The lowest BCUT2D eigenvalue weighted by molar-refractivity contribution is -0.117. The van der Waals surface area contributed by atoms with Crippen LogP contribution < -0.4 is 0 Å². The first kappa shape index (κ1) is 35.4. The minimum Gasteiger partial charge on any atom is -0.394 e. The van der Waals surface area contributed by atoms with Gasteiger partial charge in [-0.05, 0) is 0 Å². The van der Waals surface area contributed by atoms with Crippen LogP contribution in [0.25, 0.3) is 0 Å². The van der Waals surface area contributed by atoms with Crippen LogP contribution in [0.1, 0.15) is 0 Å². The van der Waals surface area contributed by atoms with E-state index in [9.17, 15) is 25.5 Å². The molecule has 15 heteroatoms. The summed E-state index contributed by atoms with van der Waals surface area (Å²) in [6.45, 7) is -3.04. The van der Waals surface area contributed by atoms with Crippen LogP contribution in [0.5, 0.6) is 0 Å². The van der Waals surface area contributed by atoms with E-state index in [4.69, 9.17) is 48.8 Å². The lowest BCUT2D eigenvalue weighted by Crippen LogP contribution is -2.35. The van der Waals surface area contributed by atoms with Crippen LogP contribution >= 0.6 is 0 Å². The largest absolute Gasteiger partial charge is 0.394 e. The van der Waals surface area contributed by atoms with Gasteiger partial charge in [0.15, 0.2) is 0 Å². The van der Waals surface area contributed by atoms with E-state index in [1.807, 2.05) is 0 Å². The maximum atomic E-state index is 10.1. The summed E-state index contributed by atoms with van der Waals surface area (Å²) in [5, 5.41) is 83.0. The molecule has 0 aliphatic carbocycles. The van der Waals surface area contributed by atoms with E-state index in [-0.39, 0.29) is 66.1 Å². The topological polar surface area (TPSA) is 237 Å². The lowest BCUT2D eigenvalue weighted by atomic mass is 10.3. The predicted molar refractivity (Wildman–Crippen MR) is 121 cm³/mol. The fourth-order valence-corrected chi connectivity index (χ4v) is 2.38. The molecule has 0 rings (SSSR count). The van der Waals surface area contributed by atoms with Crippen LogP contribution in [0.15, 0.2) is 0 Å². The van der Waals surface area contributed by atoms with Crippen molar-refractivity contribution in [2.45, 2.75) is 42.7 Å². The van der Waals surface area contributed by atoms with Crippen LogP contribution in [0.3, 0.4) is 0 Å². The molecule has 0 aliphatic rings. The van der Waals surface area contributed by atoms with Crippen LogP contribution in [0, 0.1) is 0 Å². The summed E-state index contributed by atoms with van der Waals surface area (Å²) in [4.78, 5) is 0. The Labute approximate surface area is 210 Å². The molecule has 0 radical (unpaired) electrons. The van der Waals surface area contributed by atoms with Crippen molar-refractivity contribution in [2.75, 3.05) is 92.5 Å². The third-order valence-electron chi connectivity index (χ3n) is 4.35. The second kappa shape index (κ2) is 23.5. The Morgan fingerprint density at radius 1 is 0.333 bits per heavy atom. The third-order valence-corrected chi connectivity index (χ3v) is 4.35. The highest BCUT2D eigenvalue weighted by Gasteiger charge is 2.17. The van der Waals surface area contributed by atoms with Crippen LogP contribution in [-0.2, 0) is 28.4 Å². The number of rotatable bonds is 26. The molecule has 0 aliphatic heterocycles. The number of aliphatic hydroxyl groups excluding tert-OH is 9. The SMILES string of the molecule is OCC(O)COCC(COCC(O)COCC(COCC(O)CO)OCC(O)CO)OCC(O)CO. The smallest absolute Gasteiger partial charge is 0.104 e. The molecule has 0 saturated heterocycles. The molecule has 0 aromatic rings. The zero-order chi connectivity index (χ0) is 27.2. The van der Waals surface area contributed by atoms with Gasteiger partial charge in [0.05, 0.1) is 92.5 Å². The fraction of sp³-hybridized carbons (Fsp3) is 1.00. The maximum Gasteiger partial charge on any atom is 0.104 e. The highest BCUT2D eigenvalue weighted by Crippen LogP contribution is 2.02. The lowest BCUT2D eigenvalue weighted by Gasteiger charge is -2.22. The monoisotopic (exact) mass is 536 g/mol. The van der Waals surface area contributed by atoms with Crippen molar-refractivity contribution in [3.63, 3.8) is 0 Å². The van der Waals surface area contributed by atoms with Crippen molar-refractivity contribution in [3.05, 3.63) is 0 Å². The Balaban J connectivity index is 4.39. The summed E-state index contributed by atoms with van der Waals surface area (Å²) in [6.07, 6.45) is -6.72. The first-order valence-corrected chi connectivity index (χ1v) is 11.6. The summed E-state index contributed by atoms with van der Waals surface area (Å²) in [5.41, 5.74) is 0. The molecular weight excluding hydrogens is 492 g/mol. The van der Waals surface area contributed by atoms with Gasteiger partial charge in [0.25, 0.3) is 0 Å². The summed E-state index contributed by atoms with van der Waals surface area (Å²) in [5.74, 6) is 0. The molecule has 0 saturated carbocycles. The van der Waals surface area contributed by atoms with Gasteiger partial charge >= 0.3 is 0 Å². The van der Waals surface area contributed by atoms with E-state index in [1.165, 1.54) is 0 Å². The first-order chi connectivity index (χ1) is 17.2. The molecule has 0 spiro atoms. The Bertz CT molecular complexity index is 435. The summed E-state index contributed by atoms with van der Waals surface area (Å²) >= 11 is 0. The van der Waals surface area contributed by atoms with E-state index in [0.29, 0.717) is 0 Å². The molecule has 6 unspecified atom stereocenters. The molecule has 15 nitrogen and oxygen atoms in total. The number of aliphatic hydroxyl groups is 9. The second-order valence-corrected chi connectivity index (χ2v) is 8.06. The van der Waals surface area contributed by atoms with Crippen molar-refractivity contribution >= 4 is 0 Å². The van der Waals surface area contributed by atoms with Crippen molar-refractivity contribution in [2.24, 2.45) is 0 Å². The molecular formula is C21H44O15. The summed E-state index contributed by atoms with van der Waals surface area (Å²) < 4.78 is 32.1. The molecule has 6 atom stereocenters. The molecule has 0 fully saturated rings. The van der Waals surface area contributed by atoms with Crippen LogP contribution in [-0.4, -0.2) is 181 Å². The molecule has 36 heavy (non-hydrogen) atoms. The van der Waals surface area contributed by atoms with Gasteiger partial charge in [-0.1, -0.05) is 0 Å². The van der Waals surface area contributed by atoms with Crippen molar-refractivity contribution in [1.29, 1.82) is 0 Å². The van der Waals surface area contributed by atoms with E-state index < -0.39 is 69.2 Å². The standard InChI is InChI=1S/C21H44O15/c22-1-15(26)5-31-11-20(35-9-17(28)3-24)13-33-7-19(30)8-34-14-21(36-10-18(29)4-25)12-32-6-16(27)2-23/h15-30H,1-14H2. The fourth-order valence-electron chi connectivity index (χ4n) is 2.38. The zero-order valence-corrected chi connectivity index (χ0v) is 20.4. The molecule has 0 aromatic heterocycles. The Morgan fingerprint density at radius 2 is 0.583 bits per heavy atom. The van der Waals surface area contributed by atoms with E-state index in [0.717, 1.165) is 0 Å². The molecule has 9 N–H and O–H groups in total. The number of hydrogen-bond donors (Lipinski definition) is 9. The van der Waals surface area contributed by atoms with Gasteiger partial charge in [0, 0.05) is 0 Å². The second-order valence-electron chi connectivity index (χ2n) is 8.06. The van der Waals surface area contributed by atoms with Crippen LogP contribution in [0.4, 0.5) is 0 Å². The zero-order valence-electron chi connectivity index (χ0n) is 20.4. The quantitative estimate of drug-likeness (QED) is 0.0501. The van der Waals surface area contributed by atoms with E-state index >= 15 is 0 Å². The van der Waals surface area contributed by atoms with Gasteiger partial charge in [-0.2, -0.15) is 0 Å². The Hall–Kier alpha value is -0.600. The van der Waals surface area contributed by atoms with E-state index in [2.05, 4.69) is 0 Å². The molecule has 0 amide bonds. The highest BCUT2D eigenvalue weighted by atomic mass is 16.6. The van der Waals surface area contributed by atoms with Gasteiger partial charge in [0.2, 0.25) is 0 Å². The van der Waals surface area contributed by atoms with Crippen LogP contribution in [0.2, 0.25) is 0 Å². The molecule has 0 bridgehead atoms. The summed E-state index contributed by atoms with van der Waals surface area (Å²) in [6, 6.07) is 0. The highest BCUT2D eigenvalue weighted by molar-refractivity contribution is 4.63. The Kier molecular flexibility index (Phi) is 23.1. The average Bonchev–Trinajstić information content (AvgIpc) is 2.88. The molecule has 218 valence electrons. The predicted octanol–water partition coefficient (Wildman–Crippen LogP) is -5.40. The maximum absolute atomic E-state index is 10.1. The number of ether oxygens (including phenoxy) is 6. The number of hydrogen-bond acceptors (Lipinski definition) is 15. The third kappa shape index (κ3) is 20.5. The van der Waals surface area contributed by atoms with Gasteiger partial charge in [-0.15, -0.1) is 0 Å². The summed E-state index contributed by atoms with van der Waals surface area (Å²) in [7, 11) is 0. The van der Waals surface area contributed by atoms with Gasteiger partial charge in [-0.3, -0.25) is 0 Å². The molecule has 0 aromatic carbocycles. The minimum absolute atomic E-state index is 0.0362. The normalized spacial score (nSPS) is 17.9. The molecule has 0 heterocycles. The Morgan fingerprint density at radius 3 is 0.861 bits per heavy atom. The van der Waals surface area contributed by atoms with Crippen molar-refractivity contribution in [3.8, 4) is 0 Å². The van der Waals surface area contributed by atoms with Gasteiger partial charge in [-0.25, -0.2) is 0 Å². The van der Waals surface area contributed by atoms with Gasteiger partial charge < -0.3 is 74.4 Å². The average molecular weight is 537 g/mol. The van der Waals surface area contributed by atoms with Crippen molar-refractivity contribution < 1.29 is 74.4 Å². The first-order valence-electron chi connectivity index (χ1n) is 11.6. The minimum atomic E-state index is -1.10.